The number of piperidine rings is 1. The van der Waals surface area contributed by atoms with Crippen molar-refractivity contribution in [2.45, 2.75) is 25.3 Å². The molecule has 0 amide bonds. The predicted octanol–water partition coefficient (Wildman–Crippen LogP) is 1.32. The van der Waals surface area contributed by atoms with Crippen LogP contribution in [0, 0.1) is 0 Å². The van der Waals surface area contributed by atoms with Crippen LogP contribution in [0.1, 0.15) is 19.3 Å². The lowest BCUT2D eigenvalue weighted by molar-refractivity contribution is -0.138. The summed E-state index contributed by atoms with van der Waals surface area (Å²) in [5.41, 5.74) is 0. The van der Waals surface area contributed by atoms with Crippen LogP contribution in [-0.2, 0) is 8.62 Å². The van der Waals surface area contributed by atoms with Crippen molar-refractivity contribution in [2.24, 2.45) is 0 Å². The maximum atomic E-state index is 11.1. The third-order valence-electron chi connectivity index (χ3n) is 2.12. The molecule has 0 spiro atoms. The van der Waals surface area contributed by atoms with E-state index in [0.717, 1.165) is 19.4 Å². The monoisotopic (exact) mass is 221 g/mol. The molecule has 0 aromatic rings. The predicted molar refractivity (Wildman–Crippen MR) is 45.3 cm³/mol. The van der Waals surface area contributed by atoms with Gasteiger partial charge >= 0.3 is 5.97 Å². The van der Waals surface area contributed by atoms with Gasteiger partial charge in [-0.15, -0.1) is 0 Å². The summed E-state index contributed by atoms with van der Waals surface area (Å²) in [6.07, 6.45) is 3.22. The number of likely N-dealkylation sites (tertiary alicyclic amines) is 1. The zero-order valence-electron chi connectivity index (χ0n) is 6.55. The van der Waals surface area contributed by atoms with Crippen LogP contribution in [0.25, 0.3) is 0 Å². The van der Waals surface area contributed by atoms with Gasteiger partial charge in [-0.3, -0.25) is 4.90 Å². The van der Waals surface area contributed by atoms with Crippen molar-refractivity contribution in [3.05, 3.63) is 0 Å². The molecule has 1 saturated heterocycles. The fraction of sp³-hybridized carbons (Fsp3) is 0.857. The second kappa shape index (κ2) is 4.07. The Labute approximate surface area is 75.2 Å². The first-order valence-electron chi connectivity index (χ1n) is 3.78. The van der Waals surface area contributed by atoms with Gasteiger partial charge in [0.15, 0.2) is 16.3 Å². The average Bonchev–Trinajstić information content (AvgIpc) is 2.04. The van der Waals surface area contributed by atoms with Gasteiger partial charge in [0, 0.05) is 0 Å². The molecule has 1 aliphatic rings. The molecule has 11 heavy (non-hydrogen) atoms. The first-order chi connectivity index (χ1) is 5.25. The first-order valence-corrected chi connectivity index (χ1v) is 4.43. The molecule has 0 unspecified atom stereocenters. The average molecular weight is 222 g/mol. The van der Waals surface area contributed by atoms with Crippen molar-refractivity contribution in [1.29, 1.82) is 0 Å². The summed E-state index contributed by atoms with van der Waals surface area (Å²) in [4.78, 5) is 13.1. The van der Waals surface area contributed by atoms with E-state index >= 15 is 0 Å². The standard InChI is InChI=1S/C7H12BrNO2/c1-9-5-3-2-4-6(9)7(10)11-8/h6H,2-5H2,1H3/t6-/m0/s1. The summed E-state index contributed by atoms with van der Waals surface area (Å²) in [7, 11) is 1.95. The molecular weight excluding hydrogens is 210 g/mol. The van der Waals surface area contributed by atoms with Crippen molar-refractivity contribution in [3.8, 4) is 0 Å². The normalized spacial score (nSPS) is 26.5. The summed E-state index contributed by atoms with van der Waals surface area (Å²) >= 11 is 2.70. The Bertz CT molecular complexity index is 151. The van der Waals surface area contributed by atoms with Gasteiger partial charge in [-0.25, -0.2) is 4.79 Å². The minimum absolute atomic E-state index is 0.0388. The lowest BCUT2D eigenvalue weighted by Gasteiger charge is -2.29. The van der Waals surface area contributed by atoms with E-state index in [9.17, 15) is 4.79 Å². The Balaban J connectivity index is 2.47. The number of carbonyl (C=O) groups is 1. The smallest absolute Gasteiger partial charge is 0.334 e. The summed E-state index contributed by atoms with van der Waals surface area (Å²) in [6.45, 7) is 0.993. The van der Waals surface area contributed by atoms with Gasteiger partial charge in [-0.2, -0.15) is 0 Å². The zero-order valence-corrected chi connectivity index (χ0v) is 8.13. The number of likely N-dealkylation sites (N-methyl/N-ethyl adjacent to an activating group) is 1. The molecule has 0 aromatic heterocycles. The van der Waals surface area contributed by atoms with E-state index in [0.29, 0.717) is 0 Å². The fourth-order valence-electron chi connectivity index (χ4n) is 1.42. The molecule has 0 radical (unpaired) electrons. The van der Waals surface area contributed by atoms with Gasteiger partial charge in [0.2, 0.25) is 0 Å². The van der Waals surface area contributed by atoms with Crippen LogP contribution in [0.2, 0.25) is 0 Å². The summed E-state index contributed by atoms with van der Waals surface area (Å²) < 4.78 is 4.49. The van der Waals surface area contributed by atoms with Crippen molar-refractivity contribution in [2.75, 3.05) is 13.6 Å². The Morgan fingerprint density at radius 3 is 2.91 bits per heavy atom. The second-order valence-corrected chi connectivity index (χ2v) is 3.21. The molecule has 1 heterocycles. The highest BCUT2D eigenvalue weighted by Gasteiger charge is 2.26. The van der Waals surface area contributed by atoms with Crippen LogP contribution in [-0.4, -0.2) is 30.5 Å². The Morgan fingerprint density at radius 2 is 2.36 bits per heavy atom. The minimum atomic E-state index is -0.174. The molecule has 0 bridgehead atoms. The summed E-state index contributed by atoms with van der Waals surface area (Å²) in [6, 6.07) is -0.0388. The van der Waals surface area contributed by atoms with Crippen LogP contribution in [0.5, 0.6) is 0 Å². The minimum Gasteiger partial charge on any atom is -0.382 e. The lowest BCUT2D eigenvalue weighted by Crippen LogP contribution is -2.41. The van der Waals surface area contributed by atoms with E-state index in [1.165, 1.54) is 6.42 Å². The highest BCUT2D eigenvalue weighted by Crippen LogP contribution is 2.16. The first kappa shape index (κ1) is 9.00. The zero-order chi connectivity index (χ0) is 8.27. The highest BCUT2D eigenvalue weighted by atomic mass is 79.9. The molecule has 64 valence electrons. The van der Waals surface area contributed by atoms with Gasteiger partial charge in [0.1, 0.15) is 6.04 Å². The third-order valence-corrected chi connectivity index (χ3v) is 2.44. The number of carbonyl (C=O) groups excluding carboxylic acids is 1. The van der Waals surface area contributed by atoms with Crippen LogP contribution >= 0.6 is 16.3 Å². The number of hydrogen-bond donors (Lipinski definition) is 0. The van der Waals surface area contributed by atoms with Crippen LogP contribution in [0.15, 0.2) is 0 Å². The molecule has 4 heteroatoms. The van der Waals surface area contributed by atoms with E-state index in [1.807, 2.05) is 11.9 Å². The lowest BCUT2D eigenvalue weighted by atomic mass is 10.0. The topological polar surface area (TPSA) is 29.5 Å². The molecule has 1 fully saturated rings. The van der Waals surface area contributed by atoms with Crippen LogP contribution < -0.4 is 0 Å². The van der Waals surface area contributed by atoms with E-state index < -0.39 is 0 Å². The van der Waals surface area contributed by atoms with Crippen molar-refractivity contribution >= 4 is 22.2 Å². The second-order valence-electron chi connectivity index (χ2n) is 2.89. The van der Waals surface area contributed by atoms with Crippen molar-refractivity contribution < 1.29 is 8.62 Å². The molecule has 3 nitrogen and oxygen atoms in total. The van der Waals surface area contributed by atoms with Crippen LogP contribution in [0.3, 0.4) is 0 Å². The third kappa shape index (κ3) is 2.17. The highest BCUT2D eigenvalue weighted by molar-refractivity contribution is 9.06. The molecule has 0 aromatic carbocycles. The van der Waals surface area contributed by atoms with Gasteiger partial charge in [-0.05, 0) is 26.4 Å². The van der Waals surface area contributed by atoms with E-state index in [-0.39, 0.29) is 12.0 Å². The quantitative estimate of drug-likeness (QED) is 0.670. The molecule has 1 aliphatic heterocycles. The van der Waals surface area contributed by atoms with Crippen molar-refractivity contribution in [1.82, 2.24) is 4.90 Å². The summed E-state index contributed by atoms with van der Waals surface area (Å²) in [5.74, 6) is -0.174. The molecule has 1 rings (SSSR count). The molecule has 0 saturated carbocycles. The molecule has 1 atom stereocenters. The number of rotatable bonds is 1. The maximum Gasteiger partial charge on any atom is 0.334 e. The van der Waals surface area contributed by atoms with E-state index in [4.69, 9.17) is 0 Å². The Hall–Kier alpha value is -0.0900. The number of hydrogen-bond acceptors (Lipinski definition) is 3. The maximum absolute atomic E-state index is 11.1. The number of nitrogens with zero attached hydrogens (tertiary/aromatic N) is 1. The van der Waals surface area contributed by atoms with Gasteiger partial charge in [-0.1, -0.05) is 6.42 Å². The molecule has 0 aliphatic carbocycles. The van der Waals surface area contributed by atoms with Gasteiger partial charge in [0.05, 0.1) is 0 Å². The SMILES string of the molecule is CN1CCCC[C@H]1C(=O)OBr. The van der Waals surface area contributed by atoms with E-state index in [2.05, 4.69) is 20.1 Å². The Kier molecular flexibility index (Phi) is 3.33. The van der Waals surface area contributed by atoms with E-state index in [1.54, 1.807) is 0 Å². The summed E-state index contributed by atoms with van der Waals surface area (Å²) in [5, 5.41) is 0. The van der Waals surface area contributed by atoms with Crippen LogP contribution in [0.4, 0.5) is 0 Å². The molecule has 0 N–H and O–H groups in total. The van der Waals surface area contributed by atoms with Gasteiger partial charge in [0.25, 0.3) is 0 Å². The number of halogens is 1. The van der Waals surface area contributed by atoms with Crippen molar-refractivity contribution in [3.63, 3.8) is 0 Å². The Morgan fingerprint density at radius 1 is 1.64 bits per heavy atom. The van der Waals surface area contributed by atoms with Gasteiger partial charge < -0.3 is 3.83 Å². The fourth-order valence-corrected chi connectivity index (χ4v) is 1.64. The largest absolute Gasteiger partial charge is 0.382 e. The molecular formula is C7H12BrNO2.